The van der Waals surface area contributed by atoms with Crippen LogP contribution in [-0.4, -0.2) is 83.4 Å². The number of piperazine rings is 1. The van der Waals surface area contributed by atoms with Gasteiger partial charge in [0, 0.05) is 44.3 Å². The fourth-order valence-electron chi connectivity index (χ4n) is 3.63. The van der Waals surface area contributed by atoms with Gasteiger partial charge in [-0.15, -0.1) is 0 Å². The molecule has 2 saturated heterocycles. The first-order valence-corrected chi connectivity index (χ1v) is 9.25. The smallest absolute Gasteiger partial charge is 0.240 e. The Bertz CT molecular complexity index is 450. The molecule has 0 saturated carbocycles. The van der Waals surface area contributed by atoms with E-state index in [0.717, 1.165) is 45.6 Å². The Balaban J connectivity index is 1.82. The number of amides is 2. The molecule has 0 radical (unpaired) electrons. The van der Waals surface area contributed by atoms with E-state index in [1.54, 1.807) is 0 Å². The van der Waals surface area contributed by atoms with Crippen LogP contribution in [0.25, 0.3) is 0 Å². The molecule has 2 rings (SSSR count). The molecule has 0 aromatic rings. The maximum Gasteiger partial charge on any atom is 0.240 e. The highest BCUT2D eigenvalue weighted by atomic mass is 16.2. The van der Waals surface area contributed by atoms with E-state index in [9.17, 15) is 9.59 Å². The van der Waals surface area contributed by atoms with Gasteiger partial charge in [0.05, 0.1) is 12.6 Å². The van der Waals surface area contributed by atoms with Crippen molar-refractivity contribution in [1.82, 2.24) is 20.0 Å². The maximum atomic E-state index is 12.7. The van der Waals surface area contributed by atoms with E-state index in [-0.39, 0.29) is 29.4 Å². The summed E-state index contributed by atoms with van der Waals surface area (Å²) in [5.74, 6) is 0.367. The molecule has 6 nitrogen and oxygen atoms in total. The minimum absolute atomic E-state index is 0.0340. The lowest BCUT2D eigenvalue weighted by Crippen LogP contribution is -2.59. The van der Waals surface area contributed by atoms with Crippen molar-refractivity contribution < 1.29 is 9.59 Å². The monoisotopic (exact) mass is 338 g/mol. The summed E-state index contributed by atoms with van der Waals surface area (Å²) in [4.78, 5) is 31.3. The molecular formula is C18H34N4O2. The number of likely N-dealkylation sites (tertiary alicyclic amines) is 1. The molecule has 0 bridgehead atoms. The van der Waals surface area contributed by atoms with Crippen molar-refractivity contribution in [3.8, 4) is 0 Å². The highest BCUT2D eigenvalue weighted by molar-refractivity contribution is 5.83. The Hall–Kier alpha value is -1.14. The van der Waals surface area contributed by atoms with Gasteiger partial charge in [0.2, 0.25) is 11.8 Å². The molecule has 24 heavy (non-hydrogen) atoms. The zero-order valence-corrected chi connectivity index (χ0v) is 16.0. The number of carbonyl (C=O) groups is 2. The SMILES string of the molecule is CC(C)N1CCC[C@H](N2CCN(CC(=O)NC(C)(C)C)CC2)C1=O. The molecule has 0 spiro atoms. The molecule has 1 N–H and O–H groups in total. The molecule has 2 aliphatic heterocycles. The first kappa shape index (κ1) is 19.2. The normalized spacial score (nSPS) is 24.5. The van der Waals surface area contributed by atoms with Crippen molar-refractivity contribution in [2.75, 3.05) is 39.3 Å². The van der Waals surface area contributed by atoms with Crippen LogP contribution >= 0.6 is 0 Å². The van der Waals surface area contributed by atoms with Crippen molar-refractivity contribution in [1.29, 1.82) is 0 Å². The van der Waals surface area contributed by atoms with Gasteiger partial charge in [-0.2, -0.15) is 0 Å². The molecule has 2 fully saturated rings. The van der Waals surface area contributed by atoms with Gasteiger partial charge in [0.15, 0.2) is 0 Å². The van der Waals surface area contributed by atoms with E-state index in [1.807, 2.05) is 25.7 Å². The Morgan fingerprint density at radius 1 is 1.17 bits per heavy atom. The van der Waals surface area contributed by atoms with Gasteiger partial charge < -0.3 is 10.2 Å². The quantitative estimate of drug-likeness (QED) is 0.828. The van der Waals surface area contributed by atoms with E-state index in [1.165, 1.54) is 0 Å². The molecule has 0 aromatic heterocycles. The first-order chi connectivity index (χ1) is 11.2. The molecular weight excluding hydrogens is 304 g/mol. The Labute approximate surface area is 146 Å². The Morgan fingerprint density at radius 3 is 2.33 bits per heavy atom. The zero-order valence-electron chi connectivity index (χ0n) is 16.0. The summed E-state index contributed by atoms with van der Waals surface area (Å²) in [5.41, 5.74) is -0.187. The van der Waals surface area contributed by atoms with Gasteiger partial charge in [0.25, 0.3) is 0 Å². The third-order valence-electron chi connectivity index (χ3n) is 4.80. The van der Waals surface area contributed by atoms with Crippen LogP contribution in [0.1, 0.15) is 47.5 Å². The van der Waals surface area contributed by atoms with Crippen molar-refractivity contribution >= 4 is 11.8 Å². The number of hydrogen-bond donors (Lipinski definition) is 1. The van der Waals surface area contributed by atoms with Crippen LogP contribution in [0.3, 0.4) is 0 Å². The fraction of sp³-hybridized carbons (Fsp3) is 0.889. The maximum absolute atomic E-state index is 12.7. The number of nitrogens with zero attached hydrogens (tertiary/aromatic N) is 3. The Morgan fingerprint density at radius 2 is 1.79 bits per heavy atom. The number of piperidine rings is 1. The average molecular weight is 338 g/mol. The summed E-state index contributed by atoms with van der Waals surface area (Å²) in [6, 6.07) is 0.314. The average Bonchev–Trinajstić information content (AvgIpc) is 2.46. The first-order valence-electron chi connectivity index (χ1n) is 9.25. The van der Waals surface area contributed by atoms with Gasteiger partial charge in [0.1, 0.15) is 0 Å². The second kappa shape index (κ2) is 7.83. The van der Waals surface area contributed by atoms with Gasteiger partial charge in [-0.3, -0.25) is 19.4 Å². The van der Waals surface area contributed by atoms with Crippen molar-refractivity contribution in [2.24, 2.45) is 0 Å². The summed E-state index contributed by atoms with van der Waals surface area (Å²) < 4.78 is 0. The molecule has 138 valence electrons. The predicted molar refractivity (Wildman–Crippen MR) is 95.8 cm³/mol. The molecule has 2 amide bonds. The summed E-state index contributed by atoms with van der Waals surface area (Å²) >= 11 is 0. The third-order valence-corrected chi connectivity index (χ3v) is 4.80. The van der Waals surface area contributed by atoms with Crippen LogP contribution in [0.2, 0.25) is 0 Å². The molecule has 0 aromatic carbocycles. The predicted octanol–water partition coefficient (Wildman–Crippen LogP) is 0.918. The lowest BCUT2D eigenvalue weighted by Gasteiger charge is -2.43. The van der Waals surface area contributed by atoms with Crippen LogP contribution < -0.4 is 5.32 Å². The van der Waals surface area contributed by atoms with Gasteiger partial charge in [-0.25, -0.2) is 0 Å². The molecule has 0 aliphatic carbocycles. The van der Waals surface area contributed by atoms with Gasteiger partial charge >= 0.3 is 0 Å². The fourth-order valence-corrected chi connectivity index (χ4v) is 3.63. The van der Waals surface area contributed by atoms with Crippen LogP contribution in [0.4, 0.5) is 0 Å². The van der Waals surface area contributed by atoms with Crippen LogP contribution in [0.5, 0.6) is 0 Å². The third kappa shape index (κ3) is 5.18. The van der Waals surface area contributed by atoms with E-state index < -0.39 is 0 Å². The highest BCUT2D eigenvalue weighted by Gasteiger charge is 2.35. The van der Waals surface area contributed by atoms with Crippen LogP contribution in [0, 0.1) is 0 Å². The zero-order chi connectivity index (χ0) is 17.9. The minimum Gasteiger partial charge on any atom is -0.350 e. The lowest BCUT2D eigenvalue weighted by molar-refractivity contribution is -0.143. The summed E-state index contributed by atoms with van der Waals surface area (Å²) in [6.45, 7) is 14.9. The van der Waals surface area contributed by atoms with E-state index >= 15 is 0 Å². The molecule has 1 atom stereocenters. The van der Waals surface area contributed by atoms with Crippen molar-refractivity contribution in [2.45, 2.75) is 65.1 Å². The second-order valence-corrected chi connectivity index (χ2v) is 8.39. The van der Waals surface area contributed by atoms with E-state index in [4.69, 9.17) is 0 Å². The largest absolute Gasteiger partial charge is 0.350 e. The van der Waals surface area contributed by atoms with Crippen LogP contribution in [0.15, 0.2) is 0 Å². The number of nitrogens with one attached hydrogen (secondary N) is 1. The van der Waals surface area contributed by atoms with Crippen LogP contribution in [-0.2, 0) is 9.59 Å². The van der Waals surface area contributed by atoms with Crippen molar-refractivity contribution in [3.63, 3.8) is 0 Å². The van der Waals surface area contributed by atoms with E-state index in [0.29, 0.717) is 6.54 Å². The molecule has 0 unspecified atom stereocenters. The molecule has 6 heteroatoms. The number of rotatable bonds is 4. The second-order valence-electron chi connectivity index (χ2n) is 8.39. The Kier molecular flexibility index (Phi) is 6.26. The number of carbonyl (C=O) groups excluding carboxylic acids is 2. The van der Waals surface area contributed by atoms with Gasteiger partial charge in [-0.05, 0) is 47.5 Å². The standard InChI is InChI=1S/C18H34N4O2/c1-14(2)22-8-6-7-15(17(22)24)21-11-9-20(10-12-21)13-16(23)19-18(3,4)5/h14-15H,6-13H2,1-5H3,(H,19,23)/t15-/m0/s1. The van der Waals surface area contributed by atoms with E-state index in [2.05, 4.69) is 29.0 Å². The van der Waals surface area contributed by atoms with Gasteiger partial charge in [-0.1, -0.05) is 0 Å². The highest BCUT2D eigenvalue weighted by Crippen LogP contribution is 2.20. The summed E-state index contributed by atoms with van der Waals surface area (Å²) in [7, 11) is 0. The lowest BCUT2D eigenvalue weighted by atomic mass is 10.0. The number of hydrogen-bond acceptors (Lipinski definition) is 4. The molecule has 2 aliphatic rings. The summed E-state index contributed by atoms with van der Waals surface area (Å²) in [5, 5.41) is 3.01. The summed E-state index contributed by atoms with van der Waals surface area (Å²) in [6.07, 6.45) is 2.05. The molecule has 2 heterocycles. The minimum atomic E-state index is -0.187. The van der Waals surface area contributed by atoms with Crippen molar-refractivity contribution in [3.05, 3.63) is 0 Å². The topological polar surface area (TPSA) is 55.9 Å².